The first-order valence-corrected chi connectivity index (χ1v) is 10.7. The van der Waals surface area contributed by atoms with Crippen molar-refractivity contribution in [2.24, 2.45) is 11.8 Å². The molecule has 0 unspecified atom stereocenters. The van der Waals surface area contributed by atoms with Crippen molar-refractivity contribution < 1.29 is 14.5 Å². The van der Waals surface area contributed by atoms with E-state index in [-0.39, 0.29) is 10.8 Å². The average molecular weight is 475 g/mol. The summed E-state index contributed by atoms with van der Waals surface area (Å²) in [7, 11) is 0. The Hall–Kier alpha value is -3.32. The average Bonchev–Trinajstić information content (AvgIpc) is 3.05. The molecule has 0 N–H and O–H groups in total. The van der Waals surface area contributed by atoms with E-state index in [1.54, 1.807) is 48.5 Å². The molecule has 31 heavy (non-hydrogen) atoms. The van der Waals surface area contributed by atoms with Crippen molar-refractivity contribution in [3.05, 3.63) is 110 Å². The molecule has 0 aromatic heterocycles. The van der Waals surface area contributed by atoms with Crippen molar-refractivity contribution in [3.8, 4) is 0 Å². The van der Waals surface area contributed by atoms with Gasteiger partial charge >= 0.3 is 0 Å². The number of halogens is 1. The third-order valence-electron chi connectivity index (χ3n) is 6.95. The Morgan fingerprint density at radius 3 is 1.97 bits per heavy atom. The van der Waals surface area contributed by atoms with Crippen LogP contribution in [0.1, 0.15) is 28.2 Å². The Kier molecular flexibility index (Phi) is 3.63. The van der Waals surface area contributed by atoms with Gasteiger partial charge in [-0.2, -0.15) is 0 Å². The topological polar surface area (TPSA) is 80.5 Å². The Balaban J connectivity index is 1.69. The van der Waals surface area contributed by atoms with E-state index in [4.69, 9.17) is 0 Å². The van der Waals surface area contributed by atoms with Crippen molar-refractivity contribution in [2.45, 2.75) is 11.5 Å². The fraction of sp³-hybridized carbons (Fsp3) is 0.167. The van der Waals surface area contributed by atoms with Gasteiger partial charge in [0.25, 0.3) is 5.54 Å². The predicted octanol–water partition coefficient (Wildman–Crippen LogP) is 4.23. The first-order chi connectivity index (χ1) is 15.0. The molecule has 7 heteroatoms. The maximum atomic E-state index is 13.8. The van der Waals surface area contributed by atoms with Gasteiger partial charge in [-0.3, -0.25) is 19.7 Å². The van der Waals surface area contributed by atoms with Crippen LogP contribution in [0, 0.1) is 22.0 Å². The maximum Gasteiger partial charge on any atom is 0.285 e. The van der Waals surface area contributed by atoms with E-state index in [0.29, 0.717) is 21.3 Å². The Morgan fingerprint density at radius 1 is 0.839 bits per heavy atom. The van der Waals surface area contributed by atoms with Crippen LogP contribution in [0.5, 0.6) is 0 Å². The fourth-order valence-corrected chi connectivity index (χ4v) is 6.37. The number of benzene rings is 3. The van der Waals surface area contributed by atoms with E-state index in [0.717, 1.165) is 16.0 Å². The summed E-state index contributed by atoms with van der Waals surface area (Å²) in [4.78, 5) is 41.2. The van der Waals surface area contributed by atoms with E-state index in [9.17, 15) is 19.7 Å². The number of carbonyl (C=O) groups excluding carboxylic acids is 2. The second-order valence-electron chi connectivity index (χ2n) is 8.14. The number of nitrogens with zero attached hydrogens (tertiary/aromatic N) is 2. The van der Waals surface area contributed by atoms with Crippen LogP contribution < -0.4 is 4.90 Å². The molecular weight excluding hydrogens is 460 g/mol. The lowest BCUT2D eigenvalue weighted by Crippen LogP contribution is -2.57. The smallest absolute Gasteiger partial charge is 0.274 e. The van der Waals surface area contributed by atoms with E-state index in [1.807, 2.05) is 24.3 Å². The molecule has 152 valence electrons. The van der Waals surface area contributed by atoms with Gasteiger partial charge in [0, 0.05) is 26.4 Å². The quantitative estimate of drug-likeness (QED) is 0.316. The zero-order chi connectivity index (χ0) is 21.5. The van der Waals surface area contributed by atoms with Crippen LogP contribution in [0.25, 0.3) is 0 Å². The molecule has 3 aromatic carbocycles. The van der Waals surface area contributed by atoms with Crippen LogP contribution in [-0.2, 0) is 15.1 Å². The molecule has 3 aromatic rings. The molecule has 0 radical (unpaired) electrons. The summed E-state index contributed by atoms with van der Waals surface area (Å²) >= 11 is 3.43. The minimum atomic E-state index is -1.80. The predicted molar refractivity (Wildman–Crippen MR) is 116 cm³/mol. The second-order valence-corrected chi connectivity index (χ2v) is 9.00. The van der Waals surface area contributed by atoms with Gasteiger partial charge in [-0.1, -0.05) is 60.7 Å². The highest BCUT2D eigenvalue weighted by atomic mass is 79.9. The molecule has 0 spiro atoms. The van der Waals surface area contributed by atoms with E-state index in [2.05, 4.69) is 15.9 Å². The number of carbonyl (C=O) groups is 2. The number of hydrogen-bond donors (Lipinski definition) is 0. The first-order valence-electron chi connectivity index (χ1n) is 9.95. The molecular formula is C24H15BrN2O4. The second kappa shape index (κ2) is 6.11. The highest BCUT2D eigenvalue weighted by molar-refractivity contribution is 9.10. The molecule has 2 bridgehead atoms. The largest absolute Gasteiger partial charge is 0.285 e. The number of hydrogen-bond acceptors (Lipinski definition) is 4. The fourth-order valence-electron chi connectivity index (χ4n) is 5.91. The maximum absolute atomic E-state index is 13.8. The first kappa shape index (κ1) is 18.4. The van der Waals surface area contributed by atoms with Crippen LogP contribution in [-0.4, -0.2) is 16.7 Å². The van der Waals surface area contributed by atoms with Gasteiger partial charge < -0.3 is 0 Å². The van der Waals surface area contributed by atoms with Crippen molar-refractivity contribution in [3.63, 3.8) is 0 Å². The zero-order valence-corrected chi connectivity index (χ0v) is 17.7. The van der Waals surface area contributed by atoms with Gasteiger partial charge in [-0.05, 0) is 39.2 Å². The molecule has 1 heterocycles. The normalized spacial score (nSPS) is 27.6. The molecule has 2 atom stereocenters. The van der Waals surface area contributed by atoms with Crippen molar-refractivity contribution >= 4 is 33.4 Å². The number of nitro groups is 1. The SMILES string of the molecule is O=C1[C@@H]2C3c4ccccc4C([N+](=O)[O-])(c4ccccc43)[C@@H]2C(=O)N1c1ccccc1Br. The van der Waals surface area contributed by atoms with Gasteiger partial charge in [-0.25, -0.2) is 4.90 Å². The van der Waals surface area contributed by atoms with E-state index in [1.165, 1.54) is 0 Å². The van der Waals surface area contributed by atoms with Crippen molar-refractivity contribution in [1.82, 2.24) is 0 Å². The number of imide groups is 1. The highest BCUT2D eigenvalue weighted by Gasteiger charge is 2.74. The Morgan fingerprint density at radius 2 is 1.39 bits per heavy atom. The highest BCUT2D eigenvalue weighted by Crippen LogP contribution is 2.64. The van der Waals surface area contributed by atoms with Gasteiger partial charge in [0.2, 0.25) is 11.8 Å². The molecule has 2 amide bonds. The monoisotopic (exact) mass is 474 g/mol. The van der Waals surface area contributed by atoms with Crippen LogP contribution in [0.2, 0.25) is 0 Å². The molecule has 1 aliphatic heterocycles. The summed E-state index contributed by atoms with van der Waals surface area (Å²) in [5, 5.41) is 12.9. The van der Waals surface area contributed by atoms with Crippen LogP contribution >= 0.6 is 15.9 Å². The van der Waals surface area contributed by atoms with Crippen molar-refractivity contribution in [2.75, 3.05) is 4.90 Å². The molecule has 4 aliphatic rings. The van der Waals surface area contributed by atoms with Crippen LogP contribution in [0.15, 0.2) is 77.3 Å². The van der Waals surface area contributed by atoms with Crippen LogP contribution in [0.4, 0.5) is 5.69 Å². The summed E-state index contributed by atoms with van der Waals surface area (Å²) in [5.74, 6) is -3.23. The standard InChI is InChI=1S/C24H15BrN2O4/c25-17-11-5-6-12-18(17)26-22(28)20-19-13-7-1-3-9-15(13)24(27(30)31,21(20)23(26)29)16-10-4-2-8-14(16)19/h1-12,19-21H/t19?,20-,21+,24?/m1/s1. The summed E-state index contributed by atoms with van der Waals surface area (Å²) in [6.07, 6.45) is 0. The van der Waals surface area contributed by atoms with Gasteiger partial charge in [0.15, 0.2) is 0 Å². The third-order valence-corrected chi connectivity index (χ3v) is 7.63. The third kappa shape index (κ3) is 2.02. The molecule has 6 nitrogen and oxygen atoms in total. The number of rotatable bonds is 2. The van der Waals surface area contributed by atoms with Gasteiger partial charge in [0.1, 0.15) is 5.92 Å². The molecule has 3 aliphatic carbocycles. The summed E-state index contributed by atoms with van der Waals surface area (Å²) in [5.41, 5.74) is 1.16. The number of para-hydroxylation sites is 1. The summed E-state index contributed by atoms with van der Waals surface area (Å²) < 4.78 is 0.591. The lowest BCUT2D eigenvalue weighted by Gasteiger charge is -2.48. The summed E-state index contributed by atoms with van der Waals surface area (Å²) in [6.45, 7) is 0. The van der Waals surface area contributed by atoms with Gasteiger partial charge in [-0.15, -0.1) is 0 Å². The van der Waals surface area contributed by atoms with E-state index >= 15 is 0 Å². The lowest BCUT2D eigenvalue weighted by atomic mass is 9.51. The summed E-state index contributed by atoms with van der Waals surface area (Å²) in [6, 6.07) is 21.3. The Bertz CT molecular complexity index is 1270. The van der Waals surface area contributed by atoms with Crippen LogP contribution in [0.3, 0.4) is 0 Å². The number of amides is 2. The van der Waals surface area contributed by atoms with Gasteiger partial charge in [0.05, 0.1) is 11.6 Å². The molecule has 1 saturated heterocycles. The van der Waals surface area contributed by atoms with E-state index < -0.39 is 29.2 Å². The number of anilines is 1. The molecule has 0 saturated carbocycles. The molecule has 7 rings (SSSR count). The lowest BCUT2D eigenvalue weighted by molar-refractivity contribution is -0.578. The molecule has 1 fully saturated rings. The zero-order valence-electron chi connectivity index (χ0n) is 16.1. The minimum Gasteiger partial charge on any atom is -0.274 e. The minimum absolute atomic E-state index is 0.355. The van der Waals surface area contributed by atoms with Crippen molar-refractivity contribution in [1.29, 1.82) is 0 Å². The Labute approximate surface area is 185 Å².